The van der Waals surface area contributed by atoms with Gasteiger partial charge in [0.2, 0.25) is 0 Å². The first-order chi connectivity index (χ1) is 5.05. The molecule has 2 N–H and O–H groups in total. The summed E-state index contributed by atoms with van der Waals surface area (Å²) in [7, 11) is -1.91. The van der Waals surface area contributed by atoms with E-state index in [9.17, 15) is 4.79 Å². The molecule has 0 saturated heterocycles. The number of carbonyl (C=O) groups excluding carboxylic acids is 1. The van der Waals surface area contributed by atoms with Gasteiger partial charge in [-0.1, -0.05) is 36.5 Å². The molecule has 0 unspecified atom stereocenters. The summed E-state index contributed by atoms with van der Waals surface area (Å²) in [4.78, 5) is 11.0. The first-order valence-corrected chi connectivity index (χ1v) is 6.71. The van der Waals surface area contributed by atoms with Crippen molar-refractivity contribution in [1.29, 1.82) is 0 Å². The molecule has 0 atom stereocenters. The molecular formula is C8H13NOSi. The summed E-state index contributed by atoms with van der Waals surface area (Å²) in [5, 5.41) is 1.24. The van der Waals surface area contributed by atoms with Crippen molar-refractivity contribution in [2.45, 2.75) is 19.5 Å². The monoisotopic (exact) mass is 167 g/mol. The van der Waals surface area contributed by atoms with E-state index in [1.54, 1.807) is 0 Å². The Hall–Kier alpha value is -0.833. The predicted molar refractivity (Wildman–Crippen MR) is 48.9 cm³/mol. The lowest BCUT2D eigenvalue weighted by molar-refractivity contribution is 0.264. The second kappa shape index (κ2) is 2.66. The third-order valence-corrected chi connectivity index (χ3v) is 5.40. The highest BCUT2D eigenvalue weighted by Crippen LogP contribution is 2.22. The summed E-state index contributed by atoms with van der Waals surface area (Å²) in [6.07, 6.45) is 7.00. The maximum absolute atomic E-state index is 11.0. The van der Waals surface area contributed by atoms with Crippen LogP contribution in [-0.2, 0) is 0 Å². The molecular weight excluding hydrogens is 154 g/mol. The maximum Gasteiger partial charge on any atom is 0.194 e. The number of hydrogen-bond acceptors (Lipinski definition) is 1. The molecule has 1 aliphatic carbocycles. The summed E-state index contributed by atoms with van der Waals surface area (Å²) >= 11 is 0. The van der Waals surface area contributed by atoms with Crippen LogP contribution in [0.5, 0.6) is 0 Å². The molecule has 0 radical (unpaired) electrons. The number of allylic oxidation sites excluding steroid dienone is 4. The molecule has 0 aromatic carbocycles. The highest BCUT2D eigenvalue weighted by molar-refractivity contribution is 7.08. The van der Waals surface area contributed by atoms with Crippen molar-refractivity contribution in [3.05, 3.63) is 23.4 Å². The van der Waals surface area contributed by atoms with Crippen molar-refractivity contribution < 1.29 is 4.79 Å². The zero-order valence-corrected chi connectivity index (χ0v) is 7.92. The van der Waals surface area contributed by atoms with E-state index in [2.05, 4.69) is 6.08 Å². The van der Waals surface area contributed by atoms with Crippen LogP contribution in [0.4, 0.5) is 4.79 Å². The summed E-state index contributed by atoms with van der Waals surface area (Å²) < 4.78 is 0. The fraction of sp³-hybridized carbons (Fsp3) is 0.375. The highest BCUT2D eigenvalue weighted by atomic mass is 28.3. The zero-order valence-electron chi connectivity index (χ0n) is 6.92. The van der Waals surface area contributed by atoms with E-state index in [1.807, 2.05) is 25.2 Å². The van der Waals surface area contributed by atoms with Crippen LogP contribution in [0.2, 0.25) is 13.1 Å². The molecule has 2 nitrogen and oxygen atoms in total. The molecule has 0 aromatic heterocycles. The van der Waals surface area contributed by atoms with Gasteiger partial charge in [0.1, 0.15) is 0 Å². The molecule has 0 spiro atoms. The van der Waals surface area contributed by atoms with E-state index in [0.29, 0.717) is 0 Å². The van der Waals surface area contributed by atoms with Crippen molar-refractivity contribution in [1.82, 2.24) is 0 Å². The van der Waals surface area contributed by atoms with E-state index >= 15 is 0 Å². The van der Waals surface area contributed by atoms with E-state index in [0.717, 1.165) is 6.42 Å². The van der Waals surface area contributed by atoms with Gasteiger partial charge in [0.25, 0.3) is 0 Å². The van der Waals surface area contributed by atoms with Crippen molar-refractivity contribution in [2.75, 3.05) is 0 Å². The largest absolute Gasteiger partial charge is 0.374 e. The van der Waals surface area contributed by atoms with Crippen LogP contribution in [0.25, 0.3) is 0 Å². The molecule has 1 aliphatic rings. The average Bonchev–Trinajstić information content (AvgIpc) is 2.37. The van der Waals surface area contributed by atoms with Gasteiger partial charge in [0.05, 0.1) is 0 Å². The molecule has 0 bridgehead atoms. The van der Waals surface area contributed by atoms with Gasteiger partial charge in [0, 0.05) is 0 Å². The summed E-state index contributed by atoms with van der Waals surface area (Å²) in [5.41, 5.74) is 5.19. The van der Waals surface area contributed by atoms with Crippen molar-refractivity contribution in [3.63, 3.8) is 0 Å². The minimum absolute atomic E-state index is 0.118. The quantitative estimate of drug-likeness (QED) is 0.626. The lowest BCUT2D eigenvalue weighted by Gasteiger charge is -2.18. The third kappa shape index (κ3) is 1.43. The Kier molecular flexibility index (Phi) is 2.00. The molecule has 0 heterocycles. The molecule has 0 saturated carbocycles. The van der Waals surface area contributed by atoms with E-state index in [-0.39, 0.29) is 5.53 Å². The van der Waals surface area contributed by atoms with Gasteiger partial charge in [0.15, 0.2) is 13.6 Å². The van der Waals surface area contributed by atoms with Crippen molar-refractivity contribution in [2.24, 2.45) is 5.73 Å². The molecule has 1 rings (SSSR count). The van der Waals surface area contributed by atoms with Crippen LogP contribution in [0, 0.1) is 0 Å². The van der Waals surface area contributed by atoms with Gasteiger partial charge >= 0.3 is 0 Å². The normalized spacial score (nSPS) is 16.7. The lowest BCUT2D eigenvalue weighted by atomic mass is 10.5. The summed E-state index contributed by atoms with van der Waals surface area (Å²) in [6, 6.07) is 0. The first kappa shape index (κ1) is 8.27. The Labute approximate surface area is 67.8 Å². The van der Waals surface area contributed by atoms with Crippen molar-refractivity contribution in [3.8, 4) is 0 Å². The standard InChI is InChI=1S/C8H13NOSi/c1-11(2,8(9)10)7-5-3-4-6-7/h3-5H,6H2,1-2H3,(H2,9,10). The zero-order chi connectivity index (χ0) is 8.48. The Morgan fingerprint density at radius 1 is 1.64 bits per heavy atom. The van der Waals surface area contributed by atoms with E-state index in [4.69, 9.17) is 5.73 Å². The van der Waals surface area contributed by atoms with Gasteiger partial charge in [-0.25, -0.2) is 0 Å². The summed E-state index contributed by atoms with van der Waals surface area (Å²) in [6.45, 7) is 3.99. The van der Waals surface area contributed by atoms with Gasteiger partial charge in [-0.3, -0.25) is 4.79 Å². The van der Waals surface area contributed by atoms with Crippen LogP contribution in [0.1, 0.15) is 6.42 Å². The fourth-order valence-corrected chi connectivity index (χ4v) is 2.53. The molecule has 3 heteroatoms. The van der Waals surface area contributed by atoms with Crippen LogP contribution >= 0.6 is 0 Å². The van der Waals surface area contributed by atoms with E-state index in [1.165, 1.54) is 5.20 Å². The number of hydrogen-bond donors (Lipinski definition) is 1. The lowest BCUT2D eigenvalue weighted by Crippen LogP contribution is -2.43. The van der Waals surface area contributed by atoms with Crippen LogP contribution in [0.15, 0.2) is 23.4 Å². The number of amides is 1. The average molecular weight is 167 g/mol. The SMILES string of the molecule is C[Si](C)(C(N)=O)C1=CC=CC1. The second-order valence-electron chi connectivity index (χ2n) is 3.31. The van der Waals surface area contributed by atoms with Gasteiger partial charge in [-0.05, 0) is 6.42 Å². The molecule has 60 valence electrons. The number of primary amides is 1. The van der Waals surface area contributed by atoms with E-state index < -0.39 is 8.07 Å². The third-order valence-electron chi connectivity index (χ3n) is 2.19. The highest BCUT2D eigenvalue weighted by Gasteiger charge is 2.32. The predicted octanol–water partition coefficient (Wildman–Crippen LogP) is 1.78. The number of carbonyl (C=O) groups is 1. The minimum atomic E-state index is -1.91. The molecule has 11 heavy (non-hydrogen) atoms. The summed E-state index contributed by atoms with van der Waals surface area (Å²) in [5.74, 6) is 0. The van der Waals surface area contributed by atoms with Crippen molar-refractivity contribution >= 4 is 13.6 Å². The number of nitrogens with two attached hydrogens (primary N) is 1. The first-order valence-electron chi connectivity index (χ1n) is 3.71. The fourth-order valence-electron chi connectivity index (χ4n) is 1.07. The molecule has 1 amide bonds. The molecule has 0 fully saturated rings. The van der Waals surface area contributed by atoms with Crippen LogP contribution in [0.3, 0.4) is 0 Å². The Bertz CT molecular complexity index is 240. The maximum atomic E-state index is 11.0. The molecule has 0 aromatic rings. The van der Waals surface area contributed by atoms with Gasteiger partial charge in [-0.15, -0.1) is 0 Å². The minimum Gasteiger partial charge on any atom is -0.374 e. The molecule has 0 aliphatic heterocycles. The Balaban J connectivity index is 2.81. The Morgan fingerprint density at radius 2 is 2.27 bits per heavy atom. The van der Waals surface area contributed by atoms with Crippen LogP contribution < -0.4 is 5.73 Å². The van der Waals surface area contributed by atoms with Gasteiger partial charge < -0.3 is 5.73 Å². The van der Waals surface area contributed by atoms with Crippen LogP contribution in [-0.4, -0.2) is 13.6 Å². The number of rotatable bonds is 2. The van der Waals surface area contributed by atoms with Gasteiger partial charge in [-0.2, -0.15) is 0 Å². The topological polar surface area (TPSA) is 43.1 Å². The Morgan fingerprint density at radius 3 is 2.64 bits per heavy atom. The smallest absolute Gasteiger partial charge is 0.194 e. The second-order valence-corrected chi connectivity index (χ2v) is 7.70.